The largest absolute Gasteiger partial charge is 0.466 e. The average molecular weight is 345 g/mol. The lowest BCUT2D eigenvalue weighted by Crippen LogP contribution is -2.14. The van der Waals surface area contributed by atoms with Gasteiger partial charge in [0.2, 0.25) is 0 Å². The summed E-state index contributed by atoms with van der Waals surface area (Å²) in [5.41, 5.74) is 1.70. The van der Waals surface area contributed by atoms with Gasteiger partial charge in [0.1, 0.15) is 11.5 Å². The van der Waals surface area contributed by atoms with Gasteiger partial charge in [0.15, 0.2) is 0 Å². The van der Waals surface area contributed by atoms with Crippen LogP contribution in [0.25, 0.3) is 0 Å². The molecular weight excluding hydrogens is 304 g/mol. The zero-order valence-corrected chi connectivity index (χ0v) is 16.5. The molecule has 25 heavy (non-hydrogen) atoms. The van der Waals surface area contributed by atoms with E-state index in [9.17, 15) is 0 Å². The van der Waals surface area contributed by atoms with Gasteiger partial charge in [-0.3, -0.25) is 0 Å². The summed E-state index contributed by atoms with van der Waals surface area (Å²) in [6.07, 6.45) is 28.7. The van der Waals surface area contributed by atoms with Gasteiger partial charge in [-0.1, -0.05) is 77.0 Å². The van der Waals surface area contributed by atoms with E-state index in [0.717, 1.165) is 0 Å². The summed E-state index contributed by atoms with van der Waals surface area (Å²) in [7, 11) is 0. The second-order valence-corrected chi connectivity index (χ2v) is 8.63. The highest BCUT2D eigenvalue weighted by Gasteiger charge is 2.24. The van der Waals surface area contributed by atoms with Crippen molar-refractivity contribution < 1.29 is 4.74 Å². The lowest BCUT2D eigenvalue weighted by atomic mass is 9.84. The van der Waals surface area contributed by atoms with Crippen LogP contribution < -0.4 is 0 Å². The highest BCUT2D eigenvalue weighted by atomic mass is 16.5. The van der Waals surface area contributed by atoms with Gasteiger partial charge in [-0.05, 0) is 43.8 Å². The van der Waals surface area contributed by atoms with Crippen LogP contribution in [0, 0.1) is 5.92 Å². The molecule has 2 bridgehead atoms. The third kappa shape index (κ3) is 6.50. The Bertz CT molecular complexity index is 445. The zero-order valence-electron chi connectivity index (χ0n) is 16.5. The van der Waals surface area contributed by atoms with Crippen molar-refractivity contribution in [3.05, 3.63) is 23.2 Å². The smallest absolute Gasteiger partial charge is 0.103 e. The Hall–Kier alpha value is -0.720. The molecular formula is C24H40O. The predicted octanol–water partition coefficient (Wildman–Crippen LogP) is 8.21. The molecule has 0 aromatic carbocycles. The van der Waals surface area contributed by atoms with E-state index in [1.165, 1.54) is 134 Å². The maximum absolute atomic E-state index is 6.51. The van der Waals surface area contributed by atoms with Crippen LogP contribution in [0.2, 0.25) is 0 Å². The summed E-state index contributed by atoms with van der Waals surface area (Å²) in [4.78, 5) is 0. The molecule has 0 N–H and O–H groups in total. The fourth-order valence-electron chi connectivity index (χ4n) is 4.93. The molecule has 0 radical (unpaired) electrons. The van der Waals surface area contributed by atoms with Crippen molar-refractivity contribution in [2.45, 2.75) is 122 Å². The monoisotopic (exact) mass is 344 g/mol. The number of hydrogen-bond acceptors (Lipinski definition) is 1. The second kappa shape index (κ2) is 11.1. The Morgan fingerprint density at radius 1 is 0.560 bits per heavy atom. The number of allylic oxidation sites excluding steroid dienone is 4. The predicted molar refractivity (Wildman–Crippen MR) is 107 cm³/mol. The van der Waals surface area contributed by atoms with Crippen molar-refractivity contribution in [1.29, 1.82) is 0 Å². The van der Waals surface area contributed by atoms with Crippen LogP contribution >= 0.6 is 0 Å². The van der Waals surface area contributed by atoms with E-state index in [1.54, 1.807) is 5.57 Å². The molecule has 0 saturated carbocycles. The van der Waals surface area contributed by atoms with Crippen LogP contribution in [-0.4, -0.2) is 0 Å². The van der Waals surface area contributed by atoms with E-state index in [-0.39, 0.29) is 0 Å². The maximum atomic E-state index is 6.51. The van der Waals surface area contributed by atoms with Gasteiger partial charge >= 0.3 is 0 Å². The van der Waals surface area contributed by atoms with Crippen molar-refractivity contribution in [2.24, 2.45) is 5.92 Å². The summed E-state index contributed by atoms with van der Waals surface area (Å²) < 4.78 is 6.51. The fraction of sp³-hybridized carbons (Fsp3) is 0.833. The van der Waals surface area contributed by atoms with Crippen molar-refractivity contribution in [3.8, 4) is 0 Å². The minimum atomic E-state index is 0.695. The molecule has 142 valence electrons. The normalized spacial score (nSPS) is 28.2. The van der Waals surface area contributed by atoms with E-state index in [0.29, 0.717) is 5.92 Å². The first-order chi connectivity index (χ1) is 12.4. The molecule has 1 unspecified atom stereocenters. The van der Waals surface area contributed by atoms with Crippen molar-refractivity contribution in [1.82, 2.24) is 0 Å². The first kappa shape index (κ1) is 19.1. The zero-order chi connectivity index (χ0) is 17.2. The van der Waals surface area contributed by atoms with Gasteiger partial charge in [0, 0.05) is 18.8 Å². The molecule has 1 heteroatoms. The first-order valence-corrected chi connectivity index (χ1v) is 11.5. The Labute approximate surface area is 156 Å². The molecule has 0 fully saturated rings. The Kier molecular flexibility index (Phi) is 8.45. The number of rotatable bonds is 0. The van der Waals surface area contributed by atoms with Gasteiger partial charge in [-0.25, -0.2) is 0 Å². The molecule has 0 aromatic heterocycles. The average Bonchev–Trinajstić information content (AvgIpc) is 2.60. The number of fused-ring (bicyclic) bond motifs is 2. The van der Waals surface area contributed by atoms with Crippen LogP contribution in [0.15, 0.2) is 23.2 Å². The molecule has 3 rings (SSSR count). The molecule has 1 aliphatic heterocycles. The maximum Gasteiger partial charge on any atom is 0.103 e. The summed E-state index contributed by atoms with van der Waals surface area (Å²) in [6, 6.07) is 0. The lowest BCUT2D eigenvalue weighted by molar-refractivity contribution is 0.241. The Morgan fingerprint density at radius 2 is 1.08 bits per heavy atom. The molecule has 3 aliphatic rings. The minimum Gasteiger partial charge on any atom is -0.466 e. The van der Waals surface area contributed by atoms with E-state index in [1.807, 2.05) is 0 Å². The molecule has 0 spiro atoms. The van der Waals surface area contributed by atoms with E-state index < -0.39 is 0 Å². The van der Waals surface area contributed by atoms with Crippen LogP contribution in [0.4, 0.5) is 0 Å². The second-order valence-electron chi connectivity index (χ2n) is 8.63. The lowest BCUT2D eigenvalue weighted by Gasteiger charge is -2.29. The molecule has 1 heterocycles. The highest BCUT2D eigenvalue weighted by Crippen LogP contribution is 2.38. The van der Waals surface area contributed by atoms with Crippen molar-refractivity contribution in [2.75, 3.05) is 0 Å². The SMILES string of the molecule is C1=C2CCCCCCCCCC1C1=C(CCCCCCCCCC1)O2. The van der Waals surface area contributed by atoms with Crippen LogP contribution in [0.1, 0.15) is 122 Å². The van der Waals surface area contributed by atoms with E-state index in [2.05, 4.69) is 6.08 Å². The highest BCUT2D eigenvalue weighted by molar-refractivity contribution is 5.25. The topological polar surface area (TPSA) is 9.23 Å². The Morgan fingerprint density at radius 3 is 1.76 bits per heavy atom. The van der Waals surface area contributed by atoms with Crippen molar-refractivity contribution in [3.63, 3.8) is 0 Å². The minimum absolute atomic E-state index is 0.695. The standard InChI is InChI=1S/C24H40O/c1-2-7-11-15-19-24-23(18-14-10-6-1)21-16-12-8-4-3-5-9-13-17-22(20-21)25-24/h20-21H,1-19H2. The summed E-state index contributed by atoms with van der Waals surface area (Å²) in [5, 5.41) is 0. The van der Waals surface area contributed by atoms with Crippen LogP contribution in [-0.2, 0) is 4.74 Å². The molecule has 2 aliphatic carbocycles. The Balaban J connectivity index is 1.71. The molecule has 0 aromatic rings. The molecule has 0 amide bonds. The van der Waals surface area contributed by atoms with Crippen LogP contribution in [0.3, 0.4) is 0 Å². The van der Waals surface area contributed by atoms with Gasteiger partial charge in [0.05, 0.1) is 0 Å². The quantitative estimate of drug-likeness (QED) is 0.430. The number of hydrogen-bond donors (Lipinski definition) is 0. The molecule has 1 atom stereocenters. The summed E-state index contributed by atoms with van der Waals surface area (Å²) >= 11 is 0. The van der Waals surface area contributed by atoms with Gasteiger partial charge in [-0.2, -0.15) is 0 Å². The van der Waals surface area contributed by atoms with Gasteiger partial charge in [-0.15, -0.1) is 0 Å². The summed E-state index contributed by atoms with van der Waals surface area (Å²) in [6.45, 7) is 0. The van der Waals surface area contributed by atoms with Crippen molar-refractivity contribution >= 4 is 0 Å². The first-order valence-electron chi connectivity index (χ1n) is 11.5. The van der Waals surface area contributed by atoms with Gasteiger partial charge in [0.25, 0.3) is 0 Å². The molecule has 1 nitrogen and oxygen atoms in total. The van der Waals surface area contributed by atoms with E-state index >= 15 is 0 Å². The molecule has 0 saturated heterocycles. The van der Waals surface area contributed by atoms with Gasteiger partial charge < -0.3 is 4.74 Å². The number of ether oxygens (including phenoxy) is 1. The fourth-order valence-corrected chi connectivity index (χ4v) is 4.93. The van der Waals surface area contributed by atoms with E-state index in [4.69, 9.17) is 4.74 Å². The third-order valence-electron chi connectivity index (χ3n) is 6.49. The van der Waals surface area contributed by atoms with Crippen LogP contribution in [0.5, 0.6) is 0 Å². The third-order valence-corrected chi connectivity index (χ3v) is 6.49. The summed E-state index contributed by atoms with van der Waals surface area (Å²) in [5.74, 6) is 3.41.